The number of piperidine rings is 1. The van der Waals surface area contributed by atoms with Crippen molar-refractivity contribution in [2.24, 2.45) is 0 Å². The van der Waals surface area contributed by atoms with E-state index in [-0.39, 0.29) is 0 Å². The lowest BCUT2D eigenvalue weighted by Gasteiger charge is -2.56. The molecule has 8 nitrogen and oxygen atoms in total. The van der Waals surface area contributed by atoms with Crippen LogP contribution in [0.5, 0.6) is 5.88 Å². The minimum atomic E-state index is 0.534. The summed E-state index contributed by atoms with van der Waals surface area (Å²) in [6.07, 6.45) is 8.41. The Hall–Kier alpha value is -3.52. The number of H-pyrrole nitrogens is 1. The van der Waals surface area contributed by atoms with Crippen molar-refractivity contribution in [3.8, 4) is 17.1 Å². The number of hydrogen-bond donors (Lipinski definition) is 1. The average molecular weight is 413 g/mol. The highest BCUT2D eigenvalue weighted by Crippen LogP contribution is 2.36. The summed E-state index contributed by atoms with van der Waals surface area (Å²) in [5.74, 6) is 1.75. The molecule has 31 heavy (non-hydrogen) atoms. The molecule has 7 heterocycles. The summed E-state index contributed by atoms with van der Waals surface area (Å²) in [4.78, 5) is 25.9. The molecule has 0 radical (unpaired) electrons. The molecule has 3 fully saturated rings. The van der Waals surface area contributed by atoms with Crippen LogP contribution < -0.4 is 9.64 Å². The van der Waals surface area contributed by atoms with Crippen LogP contribution in [-0.2, 0) is 6.54 Å². The number of anilines is 1. The zero-order valence-electron chi connectivity index (χ0n) is 17.3. The first-order chi connectivity index (χ1) is 15.3. The van der Waals surface area contributed by atoms with Crippen molar-refractivity contribution >= 4 is 16.9 Å². The highest BCUT2D eigenvalue weighted by Gasteiger charge is 2.44. The summed E-state index contributed by atoms with van der Waals surface area (Å²) in [6, 6.07) is 11.4. The Morgan fingerprint density at radius 1 is 1.06 bits per heavy atom. The van der Waals surface area contributed by atoms with Gasteiger partial charge in [-0.1, -0.05) is 6.07 Å². The maximum Gasteiger partial charge on any atom is 0.217 e. The molecule has 4 aromatic heterocycles. The number of fused-ring (bicyclic) bond motifs is 3. The highest BCUT2D eigenvalue weighted by atomic mass is 16.5. The van der Waals surface area contributed by atoms with Crippen LogP contribution in [0.25, 0.3) is 22.3 Å². The number of aromatic nitrogens is 5. The van der Waals surface area contributed by atoms with Gasteiger partial charge in [0.1, 0.15) is 17.8 Å². The summed E-state index contributed by atoms with van der Waals surface area (Å²) in [7, 11) is 1.68. The summed E-state index contributed by atoms with van der Waals surface area (Å²) in [5.41, 5.74) is 3.90. The van der Waals surface area contributed by atoms with Gasteiger partial charge in [0, 0.05) is 66.8 Å². The van der Waals surface area contributed by atoms with Crippen molar-refractivity contribution < 1.29 is 4.74 Å². The van der Waals surface area contributed by atoms with E-state index in [1.54, 1.807) is 19.6 Å². The normalized spacial score (nSPS) is 20.6. The van der Waals surface area contributed by atoms with Crippen molar-refractivity contribution in [2.75, 3.05) is 25.1 Å². The molecule has 1 N–H and O–H groups in total. The number of aromatic amines is 1. The van der Waals surface area contributed by atoms with Gasteiger partial charge in [0.25, 0.3) is 0 Å². The highest BCUT2D eigenvalue weighted by molar-refractivity contribution is 5.90. The molecule has 156 valence electrons. The third-order valence-electron chi connectivity index (χ3n) is 6.44. The van der Waals surface area contributed by atoms with E-state index < -0.39 is 0 Å². The van der Waals surface area contributed by atoms with Gasteiger partial charge in [-0.3, -0.25) is 4.90 Å². The lowest BCUT2D eigenvalue weighted by Crippen LogP contribution is -2.68. The number of ether oxygens (including phenoxy) is 1. The molecule has 3 aliphatic rings. The van der Waals surface area contributed by atoms with E-state index in [0.29, 0.717) is 12.1 Å². The Kier molecular flexibility index (Phi) is 4.31. The topological polar surface area (TPSA) is 83.1 Å². The number of pyridine rings is 2. The first kappa shape index (κ1) is 18.3. The van der Waals surface area contributed by atoms with Gasteiger partial charge >= 0.3 is 0 Å². The second-order valence-corrected chi connectivity index (χ2v) is 8.16. The molecule has 0 amide bonds. The van der Waals surface area contributed by atoms with Gasteiger partial charge in [-0.15, -0.1) is 0 Å². The van der Waals surface area contributed by atoms with Gasteiger partial charge in [-0.05, 0) is 30.7 Å². The number of methoxy groups -OCH3 is 1. The average Bonchev–Trinajstić information content (AvgIpc) is 3.32. The first-order valence-corrected chi connectivity index (χ1v) is 10.5. The van der Waals surface area contributed by atoms with Crippen molar-refractivity contribution in [1.82, 2.24) is 29.8 Å². The zero-order chi connectivity index (χ0) is 20.8. The molecule has 3 saturated heterocycles. The van der Waals surface area contributed by atoms with Gasteiger partial charge in [0.2, 0.25) is 5.88 Å². The molecular formula is C23H23N7O. The fourth-order valence-corrected chi connectivity index (χ4v) is 4.87. The summed E-state index contributed by atoms with van der Waals surface area (Å²) >= 11 is 0. The van der Waals surface area contributed by atoms with E-state index in [1.807, 2.05) is 24.5 Å². The van der Waals surface area contributed by atoms with Crippen LogP contribution in [0.3, 0.4) is 0 Å². The maximum atomic E-state index is 5.43. The Bertz CT molecular complexity index is 1210. The molecule has 0 spiro atoms. The van der Waals surface area contributed by atoms with Crippen LogP contribution in [-0.4, -0.2) is 62.1 Å². The standard InChI is InChI=1S/C23H23N7O/c1-31-23-16(3-2-7-25-23)11-30-17-9-18(30)13-29(12-17)20-5-4-15(10-26-20)21-19-6-8-24-22(19)28-14-27-21/h2-8,10,14,17-18H,9,11-13H2,1H3,(H,24,27,28). The zero-order valence-corrected chi connectivity index (χ0v) is 17.3. The van der Waals surface area contributed by atoms with Crippen LogP contribution in [0.2, 0.25) is 0 Å². The Balaban J connectivity index is 1.17. The van der Waals surface area contributed by atoms with Crippen molar-refractivity contribution in [2.45, 2.75) is 25.0 Å². The SMILES string of the molecule is COc1ncccc1CN1C2CC1CN(c1ccc(-c3ncnc4[nH]ccc34)cn1)C2. The van der Waals surface area contributed by atoms with E-state index in [2.05, 4.69) is 47.9 Å². The van der Waals surface area contributed by atoms with Crippen molar-refractivity contribution in [1.29, 1.82) is 0 Å². The fourth-order valence-electron chi connectivity index (χ4n) is 4.87. The van der Waals surface area contributed by atoms with E-state index in [4.69, 9.17) is 9.72 Å². The van der Waals surface area contributed by atoms with E-state index in [1.165, 1.54) is 6.42 Å². The Labute approximate surface area is 179 Å². The lowest BCUT2D eigenvalue weighted by molar-refractivity contribution is -0.00928. The third-order valence-corrected chi connectivity index (χ3v) is 6.44. The van der Waals surface area contributed by atoms with Crippen LogP contribution in [0, 0.1) is 0 Å². The van der Waals surface area contributed by atoms with Gasteiger partial charge in [-0.2, -0.15) is 0 Å². The summed E-state index contributed by atoms with van der Waals surface area (Å²) in [6.45, 7) is 2.86. The lowest BCUT2D eigenvalue weighted by atomic mass is 9.87. The molecule has 8 heteroatoms. The fraction of sp³-hybridized carbons (Fsp3) is 0.304. The smallest absolute Gasteiger partial charge is 0.217 e. The molecule has 2 atom stereocenters. The molecule has 2 bridgehead atoms. The number of hydrogen-bond acceptors (Lipinski definition) is 7. The van der Waals surface area contributed by atoms with Gasteiger partial charge in [-0.25, -0.2) is 19.9 Å². The Morgan fingerprint density at radius 2 is 1.97 bits per heavy atom. The van der Waals surface area contributed by atoms with E-state index in [9.17, 15) is 0 Å². The van der Waals surface area contributed by atoms with E-state index >= 15 is 0 Å². The van der Waals surface area contributed by atoms with Crippen LogP contribution in [0.15, 0.2) is 55.2 Å². The van der Waals surface area contributed by atoms with Crippen LogP contribution in [0.4, 0.5) is 5.82 Å². The molecule has 0 saturated carbocycles. The quantitative estimate of drug-likeness (QED) is 0.539. The van der Waals surface area contributed by atoms with Gasteiger partial charge < -0.3 is 14.6 Å². The predicted octanol–water partition coefficient (Wildman–Crippen LogP) is 2.89. The third kappa shape index (κ3) is 3.11. The first-order valence-electron chi connectivity index (χ1n) is 10.5. The van der Waals surface area contributed by atoms with Crippen LogP contribution in [0.1, 0.15) is 12.0 Å². The number of nitrogens with zero attached hydrogens (tertiary/aromatic N) is 6. The minimum Gasteiger partial charge on any atom is -0.481 e. The molecular weight excluding hydrogens is 390 g/mol. The molecule has 0 aromatic carbocycles. The second kappa shape index (κ2) is 7.31. The monoisotopic (exact) mass is 413 g/mol. The number of piperazine rings is 1. The van der Waals surface area contributed by atoms with Gasteiger partial charge in [0.15, 0.2) is 0 Å². The van der Waals surface area contributed by atoms with Crippen molar-refractivity contribution in [3.63, 3.8) is 0 Å². The maximum absolute atomic E-state index is 5.43. The largest absolute Gasteiger partial charge is 0.481 e. The van der Waals surface area contributed by atoms with Crippen molar-refractivity contribution in [3.05, 3.63) is 60.8 Å². The Morgan fingerprint density at radius 3 is 2.77 bits per heavy atom. The summed E-state index contributed by atoms with van der Waals surface area (Å²) in [5, 5.41) is 1.01. The predicted molar refractivity (Wildman–Crippen MR) is 118 cm³/mol. The number of nitrogens with one attached hydrogen (secondary N) is 1. The van der Waals surface area contributed by atoms with Gasteiger partial charge in [0.05, 0.1) is 12.8 Å². The van der Waals surface area contributed by atoms with E-state index in [0.717, 1.165) is 59.2 Å². The minimum absolute atomic E-state index is 0.534. The molecule has 4 aromatic rings. The molecule has 7 rings (SSSR count). The molecule has 3 aliphatic heterocycles. The molecule has 2 unspecified atom stereocenters. The van der Waals surface area contributed by atoms with Crippen LogP contribution >= 0.6 is 0 Å². The molecule has 0 aliphatic carbocycles. The number of rotatable bonds is 5. The second-order valence-electron chi connectivity index (χ2n) is 8.16. The summed E-state index contributed by atoms with van der Waals surface area (Å²) < 4.78 is 5.43.